The summed E-state index contributed by atoms with van der Waals surface area (Å²) in [6.07, 6.45) is 0. The van der Waals surface area contributed by atoms with Crippen LogP contribution in [0.5, 0.6) is 0 Å². The molecule has 1 aromatic rings. The van der Waals surface area contributed by atoms with Crippen molar-refractivity contribution in [3.05, 3.63) is 34.6 Å². The monoisotopic (exact) mass is 288 g/mol. The van der Waals surface area contributed by atoms with Crippen LogP contribution in [0.4, 0.5) is 9.18 Å². The van der Waals surface area contributed by atoms with Crippen molar-refractivity contribution in [2.24, 2.45) is 0 Å². The van der Waals surface area contributed by atoms with E-state index in [-0.39, 0.29) is 10.6 Å². The highest BCUT2D eigenvalue weighted by Crippen LogP contribution is 2.19. The van der Waals surface area contributed by atoms with Crippen LogP contribution < -0.4 is 5.32 Å². The third-order valence-corrected chi connectivity index (χ3v) is 3.73. The summed E-state index contributed by atoms with van der Waals surface area (Å²) in [6, 6.07) is 3.39. The maximum absolute atomic E-state index is 13.5. The minimum Gasteiger partial charge on any atom is -0.314 e. The first-order chi connectivity index (χ1) is 8.59. The van der Waals surface area contributed by atoms with Crippen molar-refractivity contribution in [2.45, 2.75) is 0 Å². The molecule has 1 aliphatic rings. The number of amides is 3. The molecule has 0 atom stereocenters. The lowest BCUT2D eigenvalue weighted by Gasteiger charge is -2.15. The maximum atomic E-state index is 13.5. The van der Waals surface area contributed by atoms with Crippen molar-refractivity contribution in [3.8, 4) is 0 Å². The highest BCUT2D eigenvalue weighted by Gasteiger charge is 2.23. The molecule has 0 aromatic heterocycles. The van der Waals surface area contributed by atoms with Crippen molar-refractivity contribution in [2.75, 3.05) is 18.2 Å². The van der Waals surface area contributed by atoms with Gasteiger partial charge in [-0.3, -0.25) is 10.1 Å². The molecule has 96 valence electrons. The standard InChI is InChI=1S/C11H10ClFN2O2S/c12-7-2-1-3-8(13)9(7)10(16)14-11(17)15-4-5-18-6-15/h1-3H,4-6H2,(H,14,16,17). The molecule has 7 heteroatoms. The van der Waals surface area contributed by atoms with Gasteiger partial charge in [-0.25, -0.2) is 9.18 Å². The number of carbonyl (C=O) groups is 2. The lowest BCUT2D eigenvalue weighted by Crippen LogP contribution is -2.41. The molecule has 4 nitrogen and oxygen atoms in total. The fraction of sp³-hybridized carbons (Fsp3) is 0.273. The van der Waals surface area contributed by atoms with Crippen LogP contribution >= 0.6 is 23.4 Å². The van der Waals surface area contributed by atoms with E-state index in [4.69, 9.17) is 11.6 Å². The van der Waals surface area contributed by atoms with E-state index in [0.717, 1.165) is 11.8 Å². The fourth-order valence-corrected chi connectivity index (χ4v) is 2.72. The van der Waals surface area contributed by atoms with E-state index in [0.29, 0.717) is 12.4 Å². The SMILES string of the molecule is O=C(NC(=O)N1CCSC1)c1c(F)cccc1Cl. The molecule has 1 saturated heterocycles. The Hall–Kier alpha value is -1.27. The zero-order valence-corrected chi connectivity index (χ0v) is 10.9. The number of carbonyl (C=O) groups excluding carboxylic acids is 2. The fourth-order valence-electron chi connectivity index (χ4n) is 1.53. The Bertz CT molecular complexity index is 472. The van der Waals surface area contributed by atoms with Crippen molar-refractivity contribution in [3.63, 3.8) is 0 Å². The van der Waals surface area contributed by atoms with Crippen LogP contribution in [0.2, 0.25) is 5.02 Å². The van der Waals surface area contributed by atoms with Crippen LogP contribution in [0.15, 0.2) is 18.2 Å². The number of hydrogen-bond acceptors (Lipinski definition) is 3. The maximum Gasteiger partial charge on any atom is 0.325 e. The van der Waals surface area contributed by atoms with Gasteiger partial charge in [0.25, 0.3) is 5.91 Å². The Kier molecular flexibility index (Phi) is 4.08. The number of rotatable bonds is 1. The quantitative estimate of drug-likeness (QED) is 0.863. The van der Waals surface area contributed by atoms with Gasteiger partial charge < -0.3 is 4.90 Å². The molecule has 1 aromatic carbocycles. The number of imide groups is 1. The minimum atomic E-state index is -0.819. The number of thioether (sulfide) groups is 1. The van der Waals surface area contributed by atoms with E-state index >= 15 is 0 Å². The molecule has 0 bridgehead atoms. The largest absolute Gasteiger partial charge is 0.325 e. The second kappa shape index (κ2) is 5.58. The van der Waals surface area contributed by atoms with Crippen LogP contribution in [0.25, 0.3) is 0 Å². The number of urea groups is 1. The van der Waals surface area contributed by atoms with E-state index in [1.165, 1.54) is 17.0 Å². The molecule has 0 aliphatic carbocycles. The van der Waals surface area contributed by atoms with Crippen LogP contribution in [0.1, 0.15) is 10.4 Å². The van der Waals surface area contributed by atoms with E-state index in [9.17, 15) is 14.0 Å². The average Bonchev–Trinajstić information content (AvgIpc) is 2.81. The highest BCUT2D eigenvalue weighted by molar-refractivity contribution is 7.99. The highest BCUT2D eigenvalue weighted by atomic mass is 35.5. The minimum absolute atomic E-state index is 0.0175. The summed E-state index contributed by atoms with van der Waals surface area (Å²) in [4.78, 5) is 24.9. The van der Waals surface area contributed by atoms with E-state index in [1.54, 1.807) is 11.8 Å². The second-order valence-electron chi connectivity index (χ2n) is 3.66. The van der Waals surface area contributed by atoms with Gasteiger partial charge in [0.15, 0.2) is 0 Å². The van der Waals surface area contributed by atoms with Gasteiger partial charge in [-0.1, -0.05) is 17.7 Å². The van der Waals surface area contributed by atoms with Crippen molar-refractivity contribution < 1.29 is 14.0 Å². The predicted octanol–water partition coefficient (Wildman–Crippen LogP) is 2.34. The van der Waals surface area contributed by atoms with Crippen molar-refractivity contribution in [1.82, 2.24) is 10.2 Å². The molecule has 0 radical (unpaired) electrons. The Morgan fingerprint density at radius 1 is 1.44 bits per heavy atom. The molecular weight excluding hydrogens is 279 g/mol. The molecule has 2 rings (SSSR count). The third-order valence-electron chi connectivity index (χ3n) is 2.45. The summed E-state index contributed by atoms with van der Waals surface area (Å²) in [7, 11) is 0. The summed E-state index contributed by atoms with van der Waals surface area (Å²) in [5.74, 6) is -0.199. The molecule has 1 aliphatic heterocycles. The zero-order valence-electron chi connectivity index (χ0n) is 9.28. The molecular formula is C11H10ClFN2O2S. The molecule has 1 fully saturated rings. The van der Waals surface area contributed by atoms with Gasteiger partial charge in [-0.2, -0.15) is 0 Å². The van der Waals surface area contributed by atoms with Gasteiger partial charge in [-0.05, 0) is 12.1 Å². The first-order valence-corrected chi connectivity index (χ1v) is 6.75. The molecule has 0 unspecified atom stereocenters. The smallest absolute Gasteiger partial charge is 0.314 e. The number of benzene rings is 1. The van der Waals surface area contributed by atoms with Crippen LogP contribution in [0, 0.1) is 5.82 Å². The summed E-state index contributed by atoms with van der Waals surface area (Å²) in [5.41, 5.74) is -0.306. The molecule has 1 N–H and O–H groups in total. The van der Waals surface area contributed by atoms with Crippen LogP contribution in [-0.4, -0.2) is 35.0 Å². The van der Waals surface area contributed by atoms with E-state index in [2.05, 4.69) is 5.32 Å². The molecule has 0 spiro atoms. The molecule has 1 heterocycles. The summed E-state index contributed by atoms with van der Waals surface area (Å²) >= 11 is 7.33. The lowest BCUT2D eigenvalue weighted by molar-refractivity contribution is 0.0951. The Labute approximate surface area is 112 Å². The third kappa shape index (κ3) is 2.76. The first kappa shape index (κ1) is 13.2. The molecule has 0 saturated carbocycles. The Morgan fingerprint density at radius 3 is 2.83 bits per heavy atom. The Balaban J connectivity index is 2.10. The zero-order chi connectivity index (χ0) is 13.1. The number of nitrogens with one attached hydrogen (secondary N) is 1. The number of hydrogen-bond donors (Lipinski definition) is 1. The van der Waals surface area contributed by atoms with Gasteiger partial charge in [0.2, 0.25) is 0 Å². The topological polar surface area (TPSA) is 49.4 Å². The van der Waals surface area contributed by atoms with Gasteiger partial charge in [0.1, 0.15) is 5.82 Å². The summed E-state index contributed by atoms with van der Waals surface area (Å²) in [6.45, 7) is 0.578. The average molecular weight is 289 g/mol. The second-order valence-corrected chi connectivity index (χ2v) is 5.14. The summed E-state index contributed by atoms with van der Waals surface area (Å²) < 4.78 is 13.5. The number of nitrogens with zero attached hydrogens (tertiary/aromatic N) is 1. The van der Waals surface area contributed by atoms with Gasteiger partial charge in [0.05, 0.1) is 16.5 Å². The molecule has 18 heavy (non-hydrogen) atoms. The lowest BCUT2D eigenvalue weighted by atomic mass is 10.2. The molecule has 3 amide bonds. The first-order valence-electron chi connectivity index (χ1n) is 5.21. The van der Waals surface area contributed by atoms with Gasteiger partial charge >= 0.3 is 6.03 Å². The predicted molar refractivity (Wildman–Crippen MR) is 68.3 cm³/mol. The van der Waals surface area contributed by atoms with E-state index in [1.807, 2.05) is 0 Å². The van der Waals surface area contributed by atoms with Crippen LogP contribution in [-0.2, 0) is 0 Å². The van der Waals surface area contributed by atoms with Crippen LogP contribution in [0.3, 0.4) is 0 Å². The van der Waals surface area contributed by atoms with Gasteiger partial charge in [-0.15, -0.1) is 11.8 Å². The van der Waals surface area contributed by atoms with Crippen molar-refractivity contribution >= 4 is 35.3 Å². The van der Waals surface area contributed by atoms with E-state index < -0.39 is 17.8 Å². The van der Waals surface area contributed by atoms with Crippen molar-refractivity contribution in [1.29, 1.82) is 0 Å². The van der Waals surface area contributed by atoms with Gasteiger partial charge in [0, 0.05) is 12.3 Å². The summed E-state index contributed by atoms with van der Waals surface area (Å²) in [5, 5.41) is 2.11. The normalized spacial score (nSPS) is 14.7. The Morgan fingerprint density at radius 2 is 2.22 bits per heavy atom. The number of halogens is 2.